The summed E-state index contributed by atoms with van der Waals surface area (Å²) < 4.78 is 0. The van der Waals surface area contributed by atoms with Gasteiger partial charge in [0.25, 0.3) is 5.69 Å². The first-order valence-electron chi connectivity index (χ1n) is 5.39. The maximum Gasteiger partial charge on any atom is 0.271 e. The summed E-state index contributed by atoms with van der Waals surface area (Å²) in [5, 5.41) is 22.9. The molecule has 2 N–H and O–H groups in total. The monoisotopic (exact) mass is 258 g/mol. The first-order chi connectivity index (χ1) is 8.08. The Morgan fingerprint density at radius 3 is 2.76 bits per heavy atom. The molecule has 0 bridgehead atoms. The zero-order valence-electron chi connectivity index (χ0n) is 9.52. The van der Waals surface area contributed by atoms with Crippen molar-refractivity contribution in [3.63, 3.8) is 0 Å². The molecule has 17 heavy (non-hydrogen) atoms. The number of nitrogens with one attached hydrogen (secondary N) is 1. The van der Waals surface area contributed by atoms with Gasteiger partial charge in [-0.3, -0.25) is 10.1 Å². The average Bonchev–Trinajstić information content (AvgIpc) is 2.30. The minimum Gasteiger partial charge on any atom is -0.396 e. The molecule has 5 nitrogen and oxygen atoms in total. The summed E-state index contributed by atoms with van der Waals surface area (Å²) in [4.78, 5) is 10.1. The number of halogens is 1. The standard InChI is InChI=1S/C11H15ClN2O3/c1-2-8(5-6-15)13-11-4-3-9(14(16)17)7-10(11)12/h3-4,7-8,13,15H,2,5-6H2,1H3. The average molecular weight is 259 g/mol. The van der Waals surface area contributed by atoms with Crippen LogP contribution in [0.5, 0.6) is 0 Å². The Morgan fingerprint density at radius 2 is 2.29 bits per heavy atom. The van der Waals surface area contributed by atoms with Crippen molar-refractivity contribution in [3.8, 4) is 0 Å². The molecule has 0 aliphatic carbocycles. The predicted octanol–water partition coefficient (Wildman–Crippen LogP) is 2.82. The largest absolute Gasteiger partial charge is 0.396 e. The van der Waals surface area contributed by atoms with Gasteiger partial charge in [0.2, 0.25) is 0 Å². The first kappa shape index (κ1) is 13.7. The number of hydrogen-bond acceptors (Lipinski definition) is 4. The second-order valence-corrected chi connectivity index (χ2v) is 4.09. The number of aliphatic hydroxyl groups is 1. The van der Waals surface area contributed by atoms with E-state index < -0.39 is 4.92 Å². The van der Waals surface area contributed by atoms with Crippen LogP contribution in [0.15, 0.2) is 18.2 Å². The smallest absolute Gasteiger partial charge is 0.271 e. The van der Waals surface area contributed by atoms with Gasteiger partial charge in [0.1, 0.15) is 0 Å². The van der Waals surface area contributed by atoms with Crippen LogP contribution < -0.4 is 5.32 Å². The van der Waals surface area contributed by atoms with Crippen molar-refractivity contribution in [1.82, 2.24) is 0 Å². The molecule has 94 valence electrons. The van der Waals surface area contributed by atoms with E-state index in [1.165, 1.54) is 12.1 Å². The number of nitro groups is 1. The number of hydrogen-bond donors (Lipinski definition) is 2. The third kappa shape index (κ3) is 3.87. The molecule has 1 rings (SSSR count). The zero-order valence-corrected chi connectivity index (χ0v) is 10.3. The fourth-order valence-corrected chi connectivity index (χ4v) is 1.72. The summed E-state index contributed by atoms with van der Waals surface area (Å²) in [5.41, 5.74) is 0.619. The molecular weight excluding hydrogens is 244 g/mol. The number of anilines is 1. The van der Waals surface area contributed by atoms with Crippen LogP contribution in [0.3, 0.4) is 0 Å². The summed E-state index contributed by atoms with van der Waals surface area (Å²) in [6, 6.07) is 4.41. The van der Waals surface area contributed by atoms with Crippen molar-refractivity contribution < 1.29 is 10.0 Å². The number of rotatable bonds is 6. The lowest BCUT2D eigenvalue weighted by Crippen LogP contribution is -2.19. The molecule has 0 aromatic heterocycles. The van der Waals surface area contributed by atoms with Gasteiger partial charge in [-0.1, -0.05) is 18.5 Å². The maximum absolute atomic E-state index is 10.5. The number of non-ortho nitro benzene ring substituents is 1. The van der Waals surface area contributed by atoms with Gasteiger partial charge in [0.15, 0.2) is 0 Å². The summed E-state index contributed by atoms with van der Waals surface area (Å²) in [6.45, 7) is 2.09. The summed E-state index contributed by atoms with van der Waals surface area (Å²) in [7, 11) is 0. The lowest BCUT2D eigenvalue weighted by atomic mass is 10.1. The van der Waals surface area contributed by atoms with Gasteiger partial charge in [-0.05, 0) is 18.9 Å². The molecule has 0 saturated heterocycles. The topological polar surface area (TPSA) is 75.4 Å². The lowest BCUT2D eigenvalue weighted by Gasteiger charge is -2.17. The molecule has 0 aliphatic heterocycles. The SMILES string of the molecule is CCC(CCO)Nc1ccc([N+](=O)[O-])cc1Cl. The van der Waals surface area contributed by atoms with E-state index in [1.807, 2.05) is 6.92 Å². The molecular formula is C11H15ClN2O3. The molecule has 0 amide bonds. The van der Waals surface area contributed by atoms with Crippen LogP contribution in [0.1, 0.15) is 19.8 Å². The van der Waals surface area contributed by atoms with Crippen molar-refractivity contribution in [2.45, 2.75) is 25.8 Å². The van der Waals surface area contributed by atoms with E-state index in [0.29, 0.717) is 17.1 Å². The van der Waals surface area contributed by atoms with Crippen LogP contribution >= 0.6 is 11.6 Å². The normalized spacial score (nSPS) is 12.2. The van der Waals surface area contributed by atoms with Gasteiger partial charge >= 0.3 is 0 Å². The minimum atomic E-state index is -0.485. The Labute approximate surface area is 105 Å². The van der Waals surface area contributed by atoms with E-state index in [4.69, 9.17) is 16.7 Å². The van der Waals surface area contributed by atoms with Crippen molar-refractivity contribution in [2.24, 2.45) is 0 Å². The van der Waals surface area contributed by atoms with Crippen LogP contribution in [0.2, 0.25) is 5.02 Å². The van der Waals surface area contributed by atoms with E-state index in [-0.39, 0.29) is 18.3 Å². The van der Waals surface area contributed by atoms with Crippen LogP contribution in [-0.2, 0) is 0 Å². The maximum atomic E-state index is 10.5. The quantitative estimate of drug-likeness (QED) is 0.608. The molecule has 0 fully saturated rings. The zero-order chi connectivity index (χ0) is 12.8. The Bertz CT molecular complexity index is 398. The predicted molar refractivity (Wildman–Crippen MR) is 67.5 cm³/mol. The van der Waals surface area contributed by atoms with Crippen molar-refractivity contribution in [1.29, 1.82) is 0 Å². The molecule has 0 aliphatic rings. The highest BCUT2D eigenvalue weighted by Gasteiger charge is 2.12. The highest BCUT2D eigenvalue weighted by Crippen LogP contribution is 2.27. The molecule has 1 aromatic rings. The molecule has 1 aromatic carbocycles. The van der Waals surface area contributed by atoms with Gasteiger partial charge < -0.3 is 10.4 Å². The second kappa shape index (κ2) is 6.42. The Kier molecular flexibility index (Phi) is 5.18. The van der Waals surface area contributed by atoms with Crippen LogP contribution in [0, 0.1) is 10.1 Å². The third-order valence-electron chi connectivity index (χ3n) is 2.49. The fraction of sp³-hybridized carbons (Fsp3) is 0.455. The Balaban J connectivity index is 2.81. The Hall–Kier alpha value is -1.33. The minimum absolute atomic E-state index is 0.0317. The molecule has 1 unspecified atom stereocenters. The molecule has 0 heterocycles. The summed E-state index contributed by atoms with van der Waals surface area (Å²) in [5.74, 6) is 0. The van der Waals surface area contributed by atoms with E-state index >= 15 is 0 Å². The van der Waals surface area contributed by atoms with Crippen LogP contribution in [-0.4, -0.2) is 22.7 Å². The van der Waals surface area contributed by atoms with Crippen LogP contribution in [0.25, 0.3) is 0 Å². The van der Waals surface area contributed by atoms with Gasteiger partial charge in [0.05, 0.1) is 15.6 Å². The van der Waals surface area contributed by atoms with Crippen molar-refractivity contribution >= 4 is 23.0 Å². The highest BCUT2D eigenvalue weighted by atomic mass is 35.5. The molecule has 0 saturated carbocycles. The highest BCUT2D eigenvalue weighted by molar-refractivity contribution is 6.33. The van der Waals surface area contributed by atoms with E-state index in [1.54, 1.807) is 6.07 Å². The van der Waals surface area contributed by atoms with E-state index in [2.05, 4.69) is 5.32 Å². The van der Waals surface area contributed by atoms with Gasteiger partial charge in [-0.15, -0.1) is 0 Å². The first-order valence-corrected chi connectivity index (χ1v) is 5.77. The second-order valence-electron chi connectivity index (χ2n) is 3.68. The Morgan fingerprint density at radius 1 is 1.59 bits per heavy atom. The van der Waals surface area contributed by atoms with E-state index in [0.717, 1.165) is 6.42 Å². The molecule has 6 heteroatoms. The van der Waals surface area contributed by atoms with Gasteiger partial charge in [-0.25, -0.2) is 0 Å². The van der Waals surface area contributed by atoms with Crippen molar-refractivity contribution in [3.05, 3.63) is 33.3 Å². The number of nitrogens with zero attached hydrogens (tertiary/aromatic N) is 1. The third-order valence-corrected chi connectivity index (χ3v) is 2.81. The molecule has 0 radical (unpaired) electrons. The number of aliphatic hydroxyl groups excluding tert-OH is 1. The lowest BCUT2D eigenvalue weighted by molar-refractivity contribution is -0.384. The number of nitro benzene ring substituents is 1. The van der Waals surface area contributed by atoms with Gasteiger partial charge in [-0.2, -0.15) is 0 Å². The van der Waals surface area contributed by atoms with Gasteiger partial charge in [0, 0.05) is 24.8 Å². The van der Waals surface area contributed by atoms with Crippen LogP contribution in [0.4, 0.5) is 11.4 Å². The van der Waals surface area contributed by atoms with Crippen molar-refractivity contribution in [2.75, 3.05) is 11.9 Å². The van der Waals surface area contributed by atoms with E-state index in [9.17, 15) is 10.1 Å². The summed E-state index contributed by atoms with van der Waals surface area (Å²) in [6.07, 6.45) is 1.46. The fourth-order valence-electron chi connectivity index (χ4n) is 1.49. The summed E-state index contributed by atoms with van der Waals surface area (Å²) >= 11 is 5.95. The molecule has 1 atom stereocenters. The number of benzene rings is 1. The molecule has 0 spiro atoms.